The van der Waals surface area contributed by atoms with Crippen LogP contribution in [0.2, 0.25) is 0 Å². The first-order chi connectivity index (χ1) is 16.4. The number of H-pyrrole nitrogens is 1. The number of carbonyl (C=O) groups excluding carboxylic acids is 2. The molecule has 2 amide bonds. The number of hydrogen-bond donors (Lipinski definition) is 5. The number of aliphatic hydroxyl groups excluding tert-OH is 1. The molecule has 1 aromatic heterocycles. The van der Waals surface area contributed by atoms with Gasteiger partial charge in [0.1, 0.15) is 12.6 Å². The Morgan fingerprint density at radius 1 is 1.06 bits per heavy atom. The number of aromatic nitrogens is 2. The van der Waals surface area contributed by atoms with Crippen LogP contribution in [0.25, 0.3) is 11.1 Å². The van der Waals surface area contributed by atoms with Crippen molar-refractivity contribution in [3.8, 4) is 11.1 Å². The summed E-state index contributed by atoms with van der Waals surface area (Å²) in [6.45, 7) is -0.421. The van der Waals surface area contributed by atoms with Crippen LogP contribution in [0, 0.1) is 0 Å². The first-order valence-electron chi connectivity index (χ1n) is 10.7. The monoisotopic (exact) mass is 464 g/mol. The predicted molar refractivity (Wildman–Crippen MR) is 121 cm³/mol. The SMILES string of the molecule is O=C(NC(Cc1cnc[nH]1)C(=O)NC[C@H](O)C(=O)O)OCC1c2ccccc2-c2ccccc21. The first-order valence-corrected chi connectivity index (χ1v) is 10.7. The van der Waals surface area contributed by atoms with Crippen LogP contribution in [0.5, 0.6) is 0 Å². The molecule has 1 unspecified atom stereocenters. The predicted octanol–water partition coefficient (Wildman–Crippen LogP) is 1.42. The van der Waals surface area contributed by atoms with E-state index in [1.807, 2.05) is 48.5 Å². The fraction of sp³-hybridized carbons (Fsp3) is 0.250. The van der Waals surface area contributed by atoms with E-state index in [-0.39, 0.29) is 18.9 Å². The number of aliphatic carboxylic acids is 1. The number of ether oxygens (including phenoxy) is 1. The van der Waals surface area contributed by atoms with Crippen molar-refractivity contribution in [1.29, 1.82) is 0 Å². The number of fused-ring (bicyclic) bond motifs is 3. The molecule has 10 heteroatoms. The fourth-order valence-corrected chi connectivity index (χ4v) is 4.02. The highest BCUT2D eigenvalue weighted by Gasteiger charge is 2.30. The number of nitrogens with zero attached hydrogens (tertiary/aromatic N) is 1. The van der Waals surface area contributed by atoms with E-state index in [1.54, 1.807) is 0 Å². The molecular formula is C24H24N4O6. The van der Waals surface area contributed by atoms with Crippen molar-refractivity contribution in [3.63, 3.8) is 0 Å². The molecule has 0 spiro atoms. The molecule has 1 heterocycles. The molecule has 10 nitrogen and oxygen atoms in total. The van der Waals surface area contributed by atoms with Crippen LogP contribution >= 0.6 is 0 Å². The number of amides is 2. The van der Waals surface area contributed by atoms with Gasteiger partial charge in [0.2, 0.25) is 5.91 Å². The molecule has 2 aromatic carbocycles. The van der Waals surface area contributed by atoms with Crippen molar-refractivity contribution >= 4 is 18.0 Å². The Hall–Kier alpha value is -4.18. The summed E-state index contributed by atoms with van der Waals surface area (Å²) in [6, 6.07) is 14.8. The van der Waals surface area contributed by atoms with Crippen LogP contribution in [-0.4, -0.2) is 63.4 Å². The molecule has 0 bridgehead atoms. The van der Waals surface area contributed by atoms with Gasteiger partial charge >= 0.3 is 12.1 Å². The molecule has 1 aliphatic rings. The average Bonchev–Trinajstić information content (AvgIpc) is 3.46. The lowest BCUT2D eigenvalue weighted by Gasteiger charge is -2.20. The third-order valence-electron chi connectivity index (χ3n) is 5.69. The number of benzene rings is 2. The maximum atomic E-state index is 12.6. The van der Waals surface area contributed by atoms with Gasteiger partial charge in [-0.15, -0.1) is 0 Å². The second kappa shape index (κ2) is 10.2. The number of alkyl carbamates (subject to hydrolysis) is 1. The van der Waals surface area contributed by atoms with E-state index in [2.05, 4.69) is 20.6 Å². The molecule has 0 radical (unpaired) electrons. The largest absolute Gasteiger partial charge is 0.479 e. The lowest BCUT2D eigenvalue weighted by atomic mass is 9.98. The highest BCUT2D eigenvalue weighted by molar-refractivity contribution is 5.86. The molecular weight excluding hydrogens is 440 g/mol. The number of rotatable bonds is 9. The van der Waals surface area contributed by atoms with Crippen molar-refractivity contribution < 1.29 is 29.3 Å². The van der Waals surface area contributed by atoms with Gasteiger partial charge in [-0.1, -0.05) is 48.5 Å². The van der Waals surface area contributed by atoms with E-state index in [0.29, 0.717) is 5.69 Å². The fourth-order valence-electron chi connectivity index (χ4n) is 4.02. The summed E-state index contributed by atoms with van der Waals surface area (Å²) in [5, 5.41) is 23.1. The number of carboxylic acid groups (broad SMARTS) is 1. The quantitative estimate of drug-likeness (QED) is 0.321. The van der Waals surface area contributed by atoms with Crippen LogP contribution in [-0.2, 0) is 20.7 Å². The normalized spacial score (nSPS) is 13.9. The molecule has 176 valence electrons. The van der Waals surface area contributed by atoms with Gasteiger partial charge in [0.15, 0.2) is 6.10 Å². The van der Waals surface area contributed by atoms with Gasteiger partial charge < -0.3 is 30.6 Å². The van der Waals surface area contributed by atoms with Crippen molar-refractivity contribution in [3.05, 3.63) is 77.9 Å². The van der Waals surface area contributed by atoms with E-state index >= 15 is 0 Å². The Balaban J connectivity index is 1.42. The Morgan fingerprint density at radius 2 is 1.71 bits per heavy atom. The zero-order valence-electron chi connectivity index (χ0n) is 18.1. The van der Waals surface area contributed by atoms with E-state index in [0.717, 1.165) is 22.3 Å². The highest BCUT2D eigenvalue weighted by atomic mass is 16.5. The van der Waals surface area contributed by atoms with Crippen molar-refractivity contribution in [2.24, 2.45) is 0 Å². The Morgan fingerprint density at radius 3 is 2.29 bits per heavy atom. The molecule has 2 atom stereocenters. The van der Waals surface area contributed by atoms with Gasteiger partial charge in [-0.25, -0.2) is 14.6 Å². The number of hydrogen-bond acceptors (Lipinski definition) is 6. The smallest absolute Gasteiger partial charge is 0.407 e. The summed E-state index contributed by atoms with van der Waals surface area (Å²) in [4.78, 5) is 42.8. The van der Waals surface area contributed by atoms with Gasteiger partial charge in [0, 0.05) is 24.2 Å². The molecule has 0 fully saturated rings. The van der Waals surface area contributed by atoms with Crippen LogP contribution in [0.3, 0.4) is 0 Å². The second-order valence-corrected chi connectivity index (χ2v) is 7.90. The number of carbonyl (C=O) groups is 3. The Kier molecular flexibility index (Phi) is 6.88. The lowest BCUT2D eigenvalue weighted by Crippen LogP contribution is -2.50. The lowest BCUT2D eigenvalue weighted by molar-refractivity contribution is -0.146. The van der Waals surface area contributed by atoms with Crippen LogP contribution in [0.4, 0.5) is 4.79 Å². The summed E-state index contributed by atoms with van der Waals surface area (Å²) in [5.41, 5.74) is 4.90. The summed E-state index contributed by atoms with van der Waals surface area (Å²) < 4.78 is 5.50. The zero-order chi connectivity index (χ0) is 24.1. The van der Waals surface area contributed by atoms with Crippen LogP contribution in [0.1, 0.15) is 22.7 Å². The summed E-state index contributed by atoms with van der Waals surface area (Å²) in [5.74, 6) is -2.26. The third-order valence-corrected chi connectivity index (χ3v) is 5.69. The highest BCUT2D eigenvalue weighted by Crippen LogP contribution is 2.44. The zero-order valence-corrected chi connectivity index (χ0v) is 18.1. The van der Waals surface area contributed by atoms with Gasteiger partial charge in [-0.05, 0) is 22.3 Å². The topological polar surface area (TPSA) is 154 Å². The van der Waals surface area contributed by atoms with Gasteiger partial charge in [0.25, 0.3) is 0 Å². The first kappa shape index (κ1) is 23.0. The molecule has 34 heavy (non-hydrogen) atoms. The standard InChI is InChI=1S/C24H24N4O6/c29-21(23(31)32)11-26-22(30)20(9-14-10-25-13-27-14)28-24(33)34-12-19-17-7-3-1-5-15(17)16-6-2-4-8-18(16)19/h1-8,10,13,19-21,29H,9,11-12H2,(H,25,27)(H,26,30)(H,28,33)(H,31,32)/t20?,21-/m0/s1. The van der Waals surface area contributed by atoms with E-state index in [4.69, 9.17) is 9.84 Å². The van der Waals surface area contributed by atoms with Gasteiger partial charge in [-0.3, -0.25) is 4.79 Å². The Labute approximate surface area is 195 Å². The van der Waals surface area contributed by atoms with Crippen molar-refractivity contribution in [1.82, 2.24) is 20.6 Å². The Bertz CT molecular complexity index is 1130. The van der Waals surface area contributed by atoms with Gasteiger partial charge in [0.05, 0.1) is 12.9 Å². The number of imidazole rings is 1. The molecule has 4 rings (SSSR count). The molecule has 0 aliphatic heterocycles. The molecule has 1 aliphatic carbocycles. The molecule has 5 N–H and O–H groups in total. The minimum absolute atomic E-state index is 0.0686. The summed E-state index contributed by atoms with van der Waals surface area (Å²) in [7, 11) is 0. The average molecular weight is 464 g/mol. The summed E-state index contributed by atoms with van der Waals surface area (Å²) >= 11 is 0. The van der Waals surface area contributed by atoms with Crippen LogP contribution < -0.4 is 10.6 Å². The second-order valence-electron chi connectivity index (χ2n) is 7.90. The number of carboxylic acids is 1. The van der Waals surface area contributed by atoms with Crippen LogP contribution in [0.15, 0.2) is 61.1 Å². The van der Waals surface area contributed by atoms with E-state index in [9.17, 15) is 19.5 Å². The molecule has 0 saturated carbocycles. The minimum Gasteiger partial charge on any atom is -0.479 e. The maximum absolute atomic E-state index is 12.6. The molecule has 3 aromatic rings. The number of aliphatic hydroxyl groups is 1. The van der Waals surface area contributed by atoms with Crippen molar-refractivity contribution in [2.45, 2.75) is 24.5 Å². The number of nitrogens with one attached hydrogen (secondary N) is 3. The van der Waals surface area contributed by atoms with Crippen molar-refractivity contribution in [2.75, 3.05) is 13.2 Å². The van der Waals surface area contributed by atoms with E-state index < -0.39 is 36.7 Å². The minimum atomic E-state index is -1.76. The summed E-state index contributed by atoms with van der Waals surface area (Å²) in [6.07, 6.45) is 0.461. The number of aromatic amines is 1. The van der Waals surface area contributed by atoms with Gasteiger partial charge in [-0.2, -0.15) is 0 Å². The molecule has 0 saturated heterocycles. The third kappa shape index (κ3) is 5.07. The maximum Gasteiger partial charge on any atom is 0.407 e. The van der Waals surface area contributed by atoms with E-state index in [1.165, 1.54) is 12.5 Å².